The van der Waals surface area contributed by atoms with E-state index in [9.17, 15) is 9.59 Å². The number of hydrogen-bond donors (Lipinski definition) is 1. The molecule has 22 heavy (non-hydrogen) atoms. The molecule has 1 atom stereocenters. The van der Waals surface area contributed by atoms with Crippen LogP contribution in [0.15, 0.2) is 41.9 Å². The largest absolute Gasteiger partial charge is 0.320 e. The van der Waals surface area contributed by atoms with Crippen molar-refractivity contribution in [2.45, 2.75) is 31.2 Å². The molecule has 3 rings (SSSR count). The van der Waals surface area contributed by atoms with Crippen LogP contribution in [0, 0.1) is 0 Å². The van der Waals surface area contributed by atoms with Gasteiger partial charge in [-0.25, -0.2) is 9.88 Å². The second-order valence-electron chi connectivity index (χ2n) is 5.53. The summed E-state index contributed by atoms with van der Waals surface area (Å²) in [4.78, 5) is 30.8. The molecule has 114 valence electrons. The molecule has 1 aromatic heterocycles. The molecule has 2 amide bonds. The number of carbonyl (C=O) groups excluding carboxylic acids is 2. The number of rotatable bonds is 4. The number of nitrogens with two attached hydrogens (primary N) is 1. The normalized spacial score (nSPS) is 16.8. The Hall–Kier alpha value is -2.05. The van der Waals surface area contributed by atoms with Gasteiger partial charge in [-0.3, -0.25) is 9.59 Å². The van der Waals surface area contributed by atoms with Gasteiger partial charge in [-0.05, 0) is 25.3 Å². The van der Waals surface area contributed by atoms with E-state index in [4.69, 9.17) is 5.73 Å². The lowest BCUT2D eigenvalue weighted by Crippen LogP contribution is -2.49. The molecule has 2 aromatic rings. The van der Waals surface area contributed by atoms with Crippen molar-refractivity contribution in [3.63, 3.8) is 0 Å². The minimum Gasteiger partial charge on any atom is -0.320 e. The van der Waals surface area contributed by atoms with Gasteiger partial charge in [-0.1, -0.05) is 30.3 Å². The zero-order chi connectivity index (χ0) is 15.7. The van der Waals surface area contributed by atoms with Crippen LogP contribution in [0.1, 0.15) is 25.3 Å². The Bertz CT molecular complexity index is 679. The SMILES string of the molecule is C[C@H](N)C(=O)N(C(=O)C1(c2ccccc2)CC1)c1nccs1. The molecule has 0 radical (unpaired) electrons. The summed E-state index contributed by atoms with van der Waals surface area (Å²) in [6, 6.07) is 8.84. The highest BCUT2D eigenvalue weighted by Crippen LogP contribution is 2.50. The highest BCUT2D eigenvalue weighted by molar-refractivity contribution is 7.14. The van der Waals surface area contributed by atoms with Crippen LogP contribution in [0.25, 0.3) is 0 Å². The minimum absolute atomic E-state index is 0.226. The fraction of sp³-hybridized carbons (Fsp3) is 0.312. The molecular weight excluding hydrogens is 298 g/mol. The average Bonchev–Trinajstić information content (AvgIpc) is 3.18. The summed E-state index contributed by atoms with van der Waals surface area (Å²) < 4.78 is 0. The van der Waals surface area contributed by atoms with E-state index in [0.717, 1.165) is 23.3 Å². The maximum atomic E-state index is 13.1. The molecule has 0 spiro atoms. The van der Waals surface area contributed by atoms with Gasteiger partial charge < -0.3 is 5.73 Å². The van der Waals surface area contributed by atoms with Gasteiger partial charge in [0.1, 0.15) is 0 Å². The van der Waals surface area contributed by atoms with Gasteiger partial charge in [-0.15, -0.1) is 11.3 Å². The average molecular weight is 315 g/mol. The van der Waals surface area contributed by atoms with Crippen molar-refractivity contribution in [1.82, 2.24) is 4.98 Å². The number of amides is 2. The highest BCUT2D eigenvalue weighted by Gasteiger charge is 2.54. The topological polar surface area (TPSA) is 76.3 Å². The Morgan fingerprint density at radius 1 is 1.32 bits per heavy atom. The Balaban J connectivity index is 1.99. The molecule has 6 heteroatoms. The summed E-state index contributed by atoms with van der Waals surface area (Å²) in [5, 5.41) is 2.13. The standard InChI is InChI=1S/C16H17N3O2S/c1-11(17)13(20)19(15-18-9-10-22-15)14(21)16(7-8-16)12-5-3-2-4-6-12/h2-6,9-11H,7-8,17H2,1H3/t11-/m0/s1. The van der Waals surface area contributed by atoms with Crippen LogP contribution in [0.3, 0.4) is 0 Å². The summed E-state index contributed by atoms with van der Waals surface area (Å²) in [5.74, 6) is -0.641. The number of thiazole rings is 1. The maximum Gasteiger partial charge on any atom is 0.252 e. The minimum atomic E-state index is -0.751. The predicted molar refractivity (Wildman–Crippen MR) is 85.6 cm³/mol. The Morgan fingerprint density at radius 2 is 2.00 bits per heavy atom. The van der Waals surface area contributed by atoms with Crippen molar-refractivity contribution in [2.24, 2.45) is 5.73 Å². The number of anilines is 1. The van der Waals surface area contributed by atoms with Crippen LogP contribution in [0.4, 0.5) is 5.13 Å². The molecule has 1 fully saturated rings. The molecule has 1 heterocycles. The van der Waals surface area contributed by atoms with E-state index in [1.807, 2.05) is 30.3 Å². The van der Waals surface area contributed by atoms with Crippen molar-refractivity contribution < 1.29 is 9.59 Å². The number of hydrogen-bond acceptors (Lipinski definition) is 5. The fourth-order valence-electron chi connectivity index (χ4n) is 2.53. The van der Waals surface area contributed by atoms with Crippen LogP contribution < -0.4 is 10.6 Å². The van der Waals surface area contributed by atoms with Crippen LogP contribution >= 0.6 is 11.3 Å². The number of carbonyl (C=O) groups is 2. The summed E-state index contributed by atoms with van der Waals surface area (Å²) >= 11 is 1.26. The lowest BCUT2D eigenvalue weighted by molar-refractivity contribution is -0.128. The number of imide groups is 1. The molecule has 0 saturated heterocycles. The zero-order valence-electron chi connectivity index (χ0n) is 12.2. The first kappa shape index (κ1) is 14.9. The van der Waals surface area contributed by atoms with Gasteiger partial charge in [0.25, 0.3) is 5.91 Å². The van der Waals surface area contributed by atoms with E-state index in [1.165, 1.54) is 11.3 Å². The summed E-state index contributed by atoms with van der Waals surface area (Å²) in [6.45, 7) is 1.58. The molecule has 0 aliphatic heterocycles. The first-order valence-corrected chi connectivity index (χ1v) is 8.03. The smallest absolute Gasteiger partial charge is 0.252 e. The lowest BCUT2D eigenvalue weighted by Gasteiger charge is -2.25. The van der Waals surface area contributed by atoms with Crippen molar-refractivity contribution >= 4 is 28.3 Å². The van der Waals surface area contributed by atoms with E-state index in [2.05, 4.69) is 4.98 Å². The summed E-state index contributed by atoms with van der Waals surface area (Å²) in [6.07, 6.45) is 3.06. The van der Waals surface area contributed by atoms with E-state index in [1.54, 1.807) is 18.5 Å². The predicted octanol–water partition coefficient (Wildman–Crippen LogP) is 2.08. The van der Waals surface area contributed by atoms with E-state index in [0.29, 0.717) is 5.13 Å². The van der Waals surface area contributed by atoms with E-state index in [-0.39, 0.29) is 5.91 Å². The van der Waals surface area contributed by atoms with Gasteiger partial charge in [-0.2, -0.15) is 0 Å². The van der Waals surface area contributed by atoms with Crippen LogP contribution in [-0.4, -0.2) is 22.8 Å². The summed E-state index contributed by atoms with van der Waals surface area (Å²) in [7, 11) is 0. The third kappa shape index (κ3) is 2.44. The number of benzene rings is 1. The molecule has 2 N–H and O–H groups in total. The Morgan fingerprint density at radius 3 is 2.50 bits per heavy atom. The van der Waals surface area contributed by atoms with Crippen LogP contribution in [-0.2, 0) is 15.0 Å². The van der Waals surface area contributed by atoms with Crippen molar-refractivity contribution in [3.05, 3.63) is 47.5 Å². The summed E-state index contributed by atoms with van der Waals surface area (Å²) in [5.41, 5.74) is 6.05. The zero-order valence-corrected chi connectivity index (χ0v) is 13.0. The monoisotopic (exact) mass is 315 g/mol. The van der Waals surface area contributed by atoms with E-state index >= 15 is 0 Å². The fourth-order valence-corrected chi connectivity index (χ4v) is 3.18. The molecule has 1 saturated carbocycles. The number of nitrogens with zero attached hydrogens (tertiary/aromatic N) is 2. The molecule has 0 unspecified atom stereocenters. The molecule has 1 aliphatic carbocycles. The van der Waals surface area contributed by atoms with Gasteiger partial charge in [0.05, 0.1) is 11.5 Å². The van der Waals surface area contributed by atoms with Gasteiger partial charge in [0, 0.05) is 11.6 Å². The first-order valence-electron chi connectivity index (χ1n) is 7.15. The highest BCUT2D eigenvalue weighted by atomic mass is 32.1. The van der Waals surface area contributed by atoms with Crippen LogP contribution in [0.5, 0.6) is 0 Å². The second kappa shape index (κ2) is 5.62. The van der Waals surface area contributed by atoms with Crippen molar-refractivity contribution in [1.29, 1.82) is 0 Å². The third-order valence-electron chi connectivity index (χ3n) is 3.91. The van der Waals surface area contributed by atoms with Gasteiger partial charge >= 0.3 is 0 Å². The van der Waals surface area contributed by atoms with Crippen molar-refractivity contribution in [2.75, 3.05) is 4.90 Å². The van der Waals surface area contributed by atoms with Crippen LogP contribution in [0.2, 0.25) is 0 Å². The second-order valence-corrected chi connectivity index (χ2v) is 6.40. The van der Waals surface area contributed by atoms with Gasteiger partial charge in [0.15, 0.2) is 5.13 Å². The molecule has 1 aliphatic rings. The third-order valence-corrected chi connectivity index (χ3v) is 4.67. The number of aromatic nitrogens is 1. The molecular formula is C16H17N3O2S. The first-order chi connectivity index (χ1) is 10.6. The Labute approximate surface area is 132 Å². The quantitative estimate of drug-likeness (QED) is 0.937. The molecule has 1 aromatic carbocycles. The lowest BCUT2D eigenvalue weighted by atomic mass is 9.94. The maximum absolute atomic E-state index is 13.1. The molecule has 0 bridgehead atoms. The van der Waals surface area contributed by atoms with Crippen molar-refractivity contribution in [3.8, 4) is 0 Å². The van der Waals surface area contributed by atoms with Gasteiger partial charge in [0.2, 0.25) is 5.91 Å². The Kier molecular flexibility index (Phi) is 3.80. The van der Waals surface area contributed by atoms with E-state index < -0.39 is 17.4 Å². The molecule has 5 nitrogen and oxygen atoms in total.